The topological polar surface area (TPSA) is 88.1 Å². The number of nitrogens with zero attached hydrogens (tertiary/aromatic N) is 4. The Kier molecular flexibility index (Phi) is 7.13. The first-order chi connectivity index (χ1) is 18.7. The van der Waals surface area contributed by atoms with E-state index in [9.17, 15) is 31.3 Å². The second kappa shape index (κ2) is 10.0. The highest BCUT2D eigenvalue weighted by Gasteiger charge is 2.50. The Morgan fingerprint density at radius 3 is 2.45 bits per heavy atom. The number of amides is 1. The zero-order chi connectivity index (χ0) is 29.0. The summed E-state index contributed by atoms with van der Waals surface area (Å²) < 4.78 is 80.8. The van der Waals surface area contributed by atoms with Crippen LogP contribution in [0.15, 0.2) is 30.5 Å². The quantitative estimate of drug-likeness (QED) is 0.307. The van der Waals surface area contributed by atoms with Crippen molar-refractivity contribution in [3.05, 3.63) is 53.0 Å². The molecule has 5 rings (SSSR count). The molecule has 1 aliphatic heterocycles. The van der Waals surface area contributed by atoms with Crippen molar-refractivity contribution in [3.63, 3.8) is 0 Å². The summed E-state index contributed by atoms with van der Waals surface area (Å²) in [4.78, 5) is 27.4. The smallest absolute Gasteiger partial charge is 0.363 e. The van der Waals surface area contributed by atoms with Crippen molar-refractivity contribution < 1.29 is 31.3 Å². The molecule has 40 heavy (non-hydrogen) atoms. The number of anilines is 1. The Bertz CT molecular complexity index is 1510. The van der Waals surface area contributed by atoms with Crippen molar-refractivity contribution in [1.82, 2.24) is 19.9 Å². The maximum atomic E-state index is 13.9. The maximum Gasteiger partial charge on any atom is 0.416 e. The normalized spacial score (nSPS) is 19.8. The first-order valence-electron chi connectivity index (χ1n) is 13.0. The van der Waals surface area contributed by atoms with Crippen molar-refractivity contribution in [2.75, 3.05) is 30.7 Å². The number of fused-ring (bicyclic) bond motifs is 1. The number of hydrogen-bond donors (Lipinski definition) is 1. The van der Waals surface area contributed by atoms with E-state index in [4.69, 9.17) is 0 Å². The summed E-state index contributed by atoms with van der Waals surface area (Å²) in [6.07, 6.45) is -3.52. The zero-order valence-electron chi connectivity index (χ0n) is 22.2. The Balaban J connectivity index is 1.39. The summed E-state index contributed by atoms with van der Waals surface area (Å²) in [7, 11) is -3.01. The van der Waals surface area contributed by atoms with Crippen LogP contribution in [0, 0.1) is 19.8 Å². The molecule has 1 N–H and O–H groups in total. The molecule has 1 aromatic carbocycles. The Labute approximate surface area is 228 Å². The number of benzene rings is 1. The van der Waals surface area contributed by atoms with Gasteiger partial charge < -0.3 is 14.8 Å². The van der Waals surface area contributed by atoms with Crippen LogP contribution in [0.5, 0.6) is 0 Å². The molecule has 3 heterocycles. The third-order valence-corrected chi connectivity index (χ3v) is 10.7. The van der Waals surface area contributed by atoms with Crippen molar-refractivity contribution in [1.29, 1.82) is 0 Å². The fourth-order valence-corrected chi connectivity index (χ4v) is 7.96. The summed E-state index contributed by atoms with van der Waals surface area (Å²) >= 11 is 0. The fourth-order valence-electron chi connectivity index (χ4n) is 5.51. The minimum absolute atomic E-state index is 0.115. The van der Waals surface area contributed by atoms with E-state index in [0.29, 0.717) is 33.5 Å². The first kappa shape index (κ1) is 28.4. The van der Waals surface area contributed by atoms with Gasteiger partial charge >= 0.3 is 6.18 Å². The lowest BCUT2D eigenvalue weighted by Crippen LogP contribution is -2.50. The van der Waals surface area contributed by atoms with Gasteiger partial charge in [-0.25, -0.2) is 18.7 Å². The highest BCUT2D eigenvalue weighted by atomic mass is 31.2. The number of nitrogens with one attached hydrogen (secondary N) is 1. The maximum absolute atomic E-state index is 13.9. The van der Waals surface area contributed by atoms with Crippen LogP contribution >= 0.6 is 7.14 Å². The van der Waals surface area contributed by atoms with Gasteiger partial charge in [0.05, 0.1) is 23.3 Å². The molecule has 1 atom stereocenters. The van der Waals surface area contributed by atoms with Gasteiger partial charge in [0.15, 0.2) is 0 Å². The molecular formula is C27H29F5N5O2P. The molecule has 3 aromatic rings. The molecule has 2 aliphatic rings. The second-order valence-electron chi connectivity index (χ2n) is 10.7. The number of halogens is 5. The Morgan fingerprint density at radius 1 is 1.15 bits per heavy atom. The highest BCUT2D eigenvalue weighted by molar-refractivity contribution is 7.71. The van der Waals surface area contributed by atoms with Gasteiger partial charge in [-0.3, -0.25) is 9.78 Å². The van der Waals surface area contributed by atoms with Crippen molar-refractivity contribution >= 4 is 35.2 Å². The van der Waals surface area contributed by atoms with E-state index in [1.165, 1.54) is 24.1 Å². The van der Waals surface area contributed by atoms with E-state index in [2.05, 4.69) is 20.3 Å². The summed E-state index contributed by atoms with van der Waals surface area (Å²) in [5.74, 6) is -3.00. The largest absolute Gasteiger partial charge is 0.416 e. The van der Waals surface area contributed by atoms with E-state index in [1.807, 2.05) is 0 Å². The number of pyridine rings is 1. The molecule has 0 radical (unpaired) electrons. The molecule has 13 heteroatoms. The lowest BCUT2D eigenvalue weighted by Gasteiger charge is -2.39. The molecule has 0 spiro atoms. The summed E-state index contributed by atoms with van der Waals surface area (Å²) in [6, 6.07) is 5.15. The number of alkyl halides is 5. The number of carbonyl (C=O) groups excluding carboxylic acids is 1. The molecule has 2 aromatic heterocycles. The Morgan fingerprint density at radius 2 is 1.82 bits per heavy atom. The van der Waals surface area contributed by atoms with Gasteiger partial charge in [-0.05, 0) is 44.0 Å². The molecule has 0 bridgehead atoms. The van der Waals surface area contributed by atoms with E-state index >= 15 is 0 Å². The second-order valence-corrected chi connectivity index (χ2v) is 13.8. The minimum atomic E-state index is -4.48. The molecule has 0 unspecified atom stereocenters. The predicted molar refractivity (Wildman–Crippen MR) is 142 cm³/mol. The zero-order valence-corrected chi connectivity index (χ0v) is 23.1. The van der Waals surface area contributed by atoms with Gasteiger partial charge in [0.2, 0.25) is 11.8 Å². The number of rotatable bonds is 5. The van der Waals surface area contributed by atoms with Crippen LogP contribution in [-0.2, 0) is 15.5 Å². The number of hydrogen-bond acceptors (Lipinski definition) is 6. The first-order valence-corrected chi connectivity index (χ1v) is 15.1. The van der Waals surface area contributed by atoms with Crippen LogP contribution in [-0.4, -0.2) is 57.1 Å². The van der Waals surface area contributed by atoms with Gasteiger partial charge in [0.25, 0.3) is 0 Å². The monoisotopic (exact) mass is 581 g/mol. The van der Waals surface area contributed by atoms with Crippen LogP contribution in [0.3, 0.4) is 0 Å². The number of carbonyl (C=O) groups is 1. The van der Waals surface area contributed by atoms with Crippen LogP contribution in [0.25, 0.3) is 10.9 Å². The number of aromatic nitrogens is 3. The minimum Gasteiger partial charge on any atom is -0.363 e. The van der Waals surface area contributed by atoms with E-state index in [1.54, 1.807) is 26.0 Å². The summed E-state index contributed by atoms with van der Waals surface area (Å²) in [6.45, 7) is 5.24. The molecule has 1 aliphatic carbocycles. The summed E-state index contributed by atoms with van der Waals surface area (Å²) in [5.41, 5.74) is 0.702. The number of aryl methyl sites for hydroxylation is 1. The third kappa shape index (κ3) is 5.42. The molecule has 214 valence electrons. The fraction of sp³-hybridized carbons (Fsp3) is 0.481. The van der Waals surface area contributed by atoms with E-state index in [-0.39, 0.29) is 36.9 Å². The average Bonchev–Trinajstić information content (AvgIpc) is 2.86. The van der Waals surface area contributed by atoms with Crippen molar-refractivity contribution in [3.8, 4) is 0 Å². The lowest BCUT2D eigenvalue weighted by molar-refractivity contribution is -0.159. The van der Waals surface area contributed by atoms with Gasteiger partial charge in [-0.15, -0.1) is 0 Å². The van der Waals surface area contributed by atoms with Gasteiger partial charge in [0, 0.05) is 49.6 Å². The highest BCUT2D eigenvalue weighted by Crippen LogP contribution is 2.48. The molecule has 1 saturated carbocycles. The predicted octanol–water partition coefficient (Wildman–Crippen LogP) is 5.71. The van der Waals surface area contributed by atoms with E-state index < -0.39 is 49.6 Å². The SMILES string of the molecule is Cc1nc(N[C@H](C)c2cccc(C(F)(F)F)c2C)c2cc(P3(=O)CCN(C(=O)C4CC(F)(F)C4)CC3)ncc2n1. The van der Waals surface area contributed by atoms with Gasteiger partial charge in [-0.2, -0.15) is 13.2 Å². The van der Waals surface area contributed by atoms with Crippen molar-refractivity contribution in [2.24, 2.45) is 5.92 Å². The van der Waals surface area contributed by atoms with Crippen LogP contribution in [0.4, 0.5) is 27.8 Å². The molecule has 1 saturated heterocycles. The molecule has 7 nitrogen and oxygen atoms in total. The van der Waals surface area contributed by atoms with Crippen LogP contribution in [0.2, 0.25) is 0 Å². The lowest BCUT2D eigenvalue weighted by atomic mass is 9.80. The molecule has 1 amide bonds. The van der Waals surface area contributed by atoms with Crippen molar-refractivity contribution in [2.45, 2.75) is 51.8 Å². The van der Waals surface area contributed by atoms with Crippen LogP contribution in [0.1, 0.15) is 48.3 Å². The standard InChI is InChI=1S/C27H29F5N5O2P/c1-15-19(5-4-6-21(15)27(30,31)32)16(2)34-24-20-11-23(33-14-22(20)35-17(3)36-24)40(39)9-7-37(8-10-40)25(38)18-12-26(28,29)13-18/h4-6,11,14,16,18H,7-10,12-13H2,1-3H3,(H,34,35,36)/t16-/m1/s1. The molecular weight excluding hydrogens is 552 g/mol. The van der Waals surface area contributed by atoms with Gasteiger partial charge in [0.1, 0.15) is 24.2 Å². The Hall–Kier alpha value is -3.14. The third-order valence-electron chi connectivity index (χ3n) is 7.81. The molecule has 2 fully saturated rings. The van der Waals surface area contributed by atoms with Gasteiger partial charge in [-0.1, -0.05) is 12.1 Å². The van der Waals surface area contributed by atoms with Crippen LogP contribution < -0.4 is 10.8 Å². The summed E-state index contributed by atoms with van der Waals surface area (Å²) in [5, 5.41) is 3.73. The van der Waals surface area contributed by atoms with E-state index in [0.717, 1.165) is 6.07 Å². The average molecular weight is 582 g/mol.